The van der Waals surface area contributed by atoms with Crippen LogP contribution in [-0.4, -0.2) is 0 Å². The predicted molar refractivity (Wildman–Crippen MR) is 52.7 cm³/mol. The Kier molecular flexibility index (Phi) is 3.28. The largest absolute Gasteiger partial charge is 0.323 e. The zero-order chi connectivity index (χ0) is 12.7. The van der Waals surface area contributed by atoms with Gasteiger partial charge in [0.15, 0.2) is 23.3 Å². The van der Waals surface area contributed by atoms with Crippen LogP contribution >= 0.6 is 0 Å². The Labute approximate surface area is 91.3 Å². The van der Waals surface area contributed by atoms with Gasteiger partial charge in [0, 0.05) is 11.6 Å². The van der Waals surface area contributed by atoms with Gasteiger partial charge >= 0.3 is 0 Å². The molecule has 0 spiro atoms. The standard InChI is InChI=1S/C11H13F4N/c1-11(2,3)10(16)5-4-6(12)8(14)9(15)7(5)13/h4,10H,16H2,1-3H3. The molecule has 1 aromatic carbocycles. The van der Waals surface area contributed by atoms with Crippen LogP contribution in [0.25, 0.3) is 0 Å². The Morgan fingerprint density at radius 1 is 1.00 bits per heavy atom. The number of rotatable bonds is 1. The molecule has 1 aromatic rings. The van der Waals surface area contributed by atoms with Crippen molar-refractivity contribution in [2.75, 3.05) is 0 Å². The molecule has 0 aliphatic rings. The second-order valence-corrected chi connectivity index (χ2v) is 4.73. The molecule has 0 amide bonds. The van der Waals surface area contributed by atoms with Gasteiger partial charge in [0.1, 0.15) is 0 Å². The van der Waals surface area contributed by atoms with Gasteiger partial charge in [0.2, 0.25) is 0 Å². The molecule has 0 saturated carbocycles. The highest BCUT2D eigenvalue weighted by molar-refractivity contribution is 5.25. The van der Waals surface area contributed by atoms with Gasteiger partial charge in [-0.15, -0.1) is 0 Å². The molecule has 0 aromatic heterocycles. The lowest BCUT2D eigenvalue weighted by Gasteiger charge is -2.27. The van der Waals surface area contributed by atoms with E-state index in [0.717, 1.165) is 0 Å². The molecular formula is C11H13F4N. The highest BCUT2D eigenvalue weighted by Crippen LogP contribution is 2.33. The van der Waals surface area contributed by atoms with Crippen LogP contribution in [0, 0.1) is 28.7 Å². The molecule has 1 nitrogen and oxygen atoms in total. The van der Waals surface area contributed by atoms with Crippen molar-refractivity contribution in [1.29, 1.82) is 0 Å². The third kappa shape index (κ3) is 2.19. The molecule has 1 unspecified atom stereocenters. The van der Waals surface area contributed by atoms with E-state index >= 15 is 0 Å². The smallest absolute Gasteiger partial charge is 0.197 e. The summed E-state index contributed by atoms with van der Waals surface area (Å²) in [6.07, 6.45) is 0. The summed E-state index contributed by atoms with van der Waals surface area (Å²) in [4.78, 5) is 0. The summed E-state index contributed by atoms with van der Waals surface area (Å²) in [5.74, 6) is -6.51. The van der Waals surface area contributed by atoms with Crippen molar-refractivity contribution >= 4 is 0 Å². The number of hydrogen-bond acceptors (Lipinski definition) is 1. The zero-order valence-corrected chi connectivity index (χ0v) is 9.24. The molecule has 0 bridgehead atoms. The molecule has 5 heteroatoms. The first kappa shape index (κ1) is 13.0. The lowest BCUT2D eigenvalue weighted by molar-refractivity contribution is 0.309. The van der Waals surface area contributed by atoms with Crippen LogP contribution in [0.15, 0.2) is 6.07 Å². The normalized spacial score (nSPS) is 14.0. The molecule has 1 atom stereocenters. The van der Waals surface area contributed by atoms with Crippen molar-refractivity contribution in [2.24, 2.45) is 11.1 Å². The van der Waals surface area contributed by atoms with Gasteiger partial charge in [-0.3, -0.25) is 0 Å². The average molecular weight is 235 g/mol. The first-order chi connectivity index (χ1) is 7.16. The van der Waals surface area contributed by atoms with Gasteiger partial charge in [-0.25, -0.2) is 17.6 Å². The fraction of sp³-hybridized carbons (Fsp3) is 0.455. The minimum Gasteiger partial charge on any atom is -0.323 e. The van der Waals surface area contributed by atoms with Crippen LogP contribution in [0.4, 0.5) is 17.6 Å². The molecule has 0 radical (unpaired) electrons. The first-order valence-electron chi connectivity index (χ1n) is 4.74. The van der Waals surface area contributed by atoms with Crippen molar-refractivity contribution in [1.82, 2.24) is 0 Å². The second kappa shape index (κ2) is 4.05. The van der Waals surface area contributed by atoms with E-state index < -0.39 is 34.7 Å². The van der Waals surface area contributed by atoms with Gasteiger partial charge in [0.25, 0.3) is 0 Å². The molecule has 0 aliphatic carbocycles. The average Bonchev–Trinajstić information content (AvgIpc) is 2.18. The number of halogens is 4. The lowest BCUT2D eigenvalue weighted by Crippen LogP contribution is -2.28. The highest BCUT2D eigenvalue weighted by Gasteiger charge is 2.29. The van der Waals surface area contributed by atoms with E-state index in [0.29, 0.717) is 6.07 Å². The van der Waals surface area contributed by atoms with Gasteiger partial charge in [-0.2, -0.15) is 0 Å². The van der Waals surface area contributed by atoms with Crippen LogP contribution in [0.5, 0.6) is 0 Å². The molecule has 0 aliphatic heterocycles. The van der Waals surface area contributed by atoms with Crippen molar-refractivity contribution in [2.45, 2.75) is 26.8 Å². The fourth-order valence-corrected chi connectivity index (χ4v) is 1.28. The Morgan fingerprint density at radius 2 is 1.50 bits per heavy atom. The Bertz CT molecular complexity index is 409. The van der Waals surface area contributed by atoms with E-state index in [1.807, 2.05) is 0 Å². The minimum atomic E-state index is -1.82. The van der Waals surface area contributed by atoms with Crippen LogP contribution in [0.3, 0.4) is 0 Å². The van der Waals surface area contributed by atoms with Crippen molar-refractivity contribution in [3.63, 3.8) is 0 Å². The van der Waals surface area contributed by atoms with E-state index in [1.165, 1.54) is 0 Å². The monoisotopic (exact) mass is 235 g/mol. The molecule has 1 rings (SSSR count). The Hall–Kier alpha value is -1.10. The predicted octanol–water partition coefficient (Wildman–Crippen LogP) is 3.29. The number of benzene rings is 1. The third-order valence-corrected chi connectivity index (χ3v) is 2.40. The molecular weight excluding hydrogens is 222 g/mol. The fourth-order valence-electron chi connectivity index (χ4n) is 1.28. The quantitative estimate of drug-likeness (QED) is 0.451. The maximum absolute atomic E-state index is 13.4. The summed E-state index contributed by atoms with van der Waals surface area (Å²) >= 11 is 0. The lowest BCUT2D eigenvalue weighted by atomic mass is 9.83. The van der Waals surface area contributed by atoms with Crippen LogP contribution in [0.2, 0.25) is 0 Å². The molecule has 2 N–H and O–H groups in total. The van der Waals surface area contributed by atoms with Gasteiger partial charge < -0.3 is 5.73 Å². The molecule has 90 valence electrons. The summed E-state index contributed by atoms with van der Waals surface area (Å²) in [6.45, 7) is 5.07. The van der Waals surface area contributed by atoms with Gasteiger partial charge in [-0.05, 0) is 11.5 Å². The van der Waals surface area contributed by atoms with Gasteiger partial charge in [-0.1, -0.05) is 20.8 Å². The van der Waals surface area contributed by atoms with Crippen LogP contribution in [0.1, 0.15) is 32.4 Å². The maximum Gasteiger partial charge on any atom is 0.197 e. The highest BCUT2D eigenvalue weighted by atomic mass is 19.2. The van der Waals surface area contributed by atoms with Gasteiger partial charge in [0.05, 0.1) is 0 Å². The number of hydrogen-bond donors (Lipinski definition) is 1. The zero-order valence-electron chi connectivity index (χ0n) is 9.24. The Morgan fingerprint density at radius 3 is 1.94 bits per heavy atom. The van der Waals surface area contributed by atoms with E-state index in [-0.39, 0.29) is 5.56 Å². The van der Waals surface area contributed by atoms with Crippen LogP contribution in [-0.2, 0) is 0 Å². The summed E-state index contributed by atoms with van der Waals surface area (Å²) < 4.78 is 51.9. The molecule has 0 heterocycles. The first-order valence-corrected chi connectivity index (χ1v) is 4.74. The number of nitrogens with two attached hydrogens (primary N) is 1. The summed E-state index contributed by atoms with van der Waals surface area (Å²) in [7, 11) is 0. The topological polar surface area (TPSA) is 26.0 Å². The Balaban J connectivity index is 3.36. The van der Waals surface area contributed by atoms with E-state index in [1.54, 1.807) is 20.8 Å². The SMILES string of the molecule is CC(C)(C)C(N)c1cc(F)c(F)c(F)c1F. The van der Waals surface area contributed by atoms with Crippen molar-refractivity contribution in [3.05, 3.63) is 34.9 Å². The van der Waals surface area contributed by atoms with Crippen LogP contribution < -0.4 is 5.73 Å². The molecule has 0 fully saturated rings. The molecule has 16 heavy (non-hydrogen) atoms. The molecule has 0 saturated heterocycles. The summed E-state index contributed by atoms with van der Waals surface area (Å²) in [5.41, 5.74) is 4.72. The van der Waals surface area contributed by atoms with E-state index in [2.05, 4.69) is 0 Å². The second-order valence-electron chi connectivity index (χ2n) is 4.73. The van der Waals surface area contributed by atoms with Crippen molar-refractivity contribution < 1.29 is 17.6 Å². The minimum absolute atomic E-state index is 0.357. The van der Waals surface area contributed by atoms with E-state index in [9.17, 15) is 17.6 Å². The summed E-state index contributed by atoms with van der Waals surface area (Å²) in [6, 6.07) is -0.318. The summed E-state index contributed by atoms with van der Waals surface area (Å²) in [5, 5.41) is 0. The van der Waals surface area contributed by atoms with Crippen molar-refractivity contribution in [3.8, 4) is 0 Å². The maximum atomic E-state index is 13.4. The van der Waals surface area contributed by atoms with E-state index in [4.69, 9.17) is 5.73 Å². The third-order valence-electron chi connectivity index (χ3n) is 2.40.